The van der Waals surface area contributed by atoms with Gasteiger partial charge >= 0.3 is 0 Å². The van der Waals surface area contributed by atoms with Crippen LogP contribution in [0.3, 0.4) is 0 Å². The maximum absolute atomic E-state index is 12.2. The molecule has 6 nitrogen and oxygen atoms in total. The average Bonchev–Trinajstić information content (AvgIpc) is 2.65. The molecule has 0 radical (unpaired) electrons. The van der Waals surface area contributed by atoms with Crippen molar-refractivity contribution in [1.82, 2.24) is 5.43 Å². The van der Waals surface area contributed by atoms with Gasteiger partial charge in [-0.1, -0.05) is 23.7 Å². The highest BCUT2D eigenvalue weighted by atomic mass is 35.5. The summed E-state index contributed by atoms with van der Waals surface area (Å²) in [7, 11) is 0. The van der Waals surface area contributed by atoms with Crippen LogP contribution in [-0.2, 0) is 4.79 Å². The number of hydrazone groups is 1. The van der Waals surface area contributed by atoms with Gasteiger partial charge in [0.1, 0.15) is 19.0 Å². The Bertz CT molecular complexity index is 883. The summed E-state index contributed by atoms with van der Waals surface area (Å²) in [5, 5.41) is 4.41. The van der Waals surface area contributed by atoms with E-state index in [9.17, 15) is 4.79 Å². The first-order chi connectivity index (χ1) is 13.0. The van der Waals surface area contributed by atoms with Crippen LogP contribution in [0, 0.1) is 13.8 Å². The van der Waals surface area contributed by atoms with Gasteiger partial charge in [-0.3, -0.25) is 4.79 Å². The molecule has 0 fully saturated rings. The molecule has 0 saturated carbocycles. The predicted molar refractivity (Wildman–Crippen MR) is 104 cm³/mol. The fourth-order valence-electron chi connectivity index (χ4n) is 2.56. The summed E-state index contributed by atoms with van der Waals surface area (Å²) >= 11 is 6.18. The van der Waals surface area contributed by atoms with E-state index in [1.807, 2.05) is 32.0 Å². The van der Waals surface area contributed by atoms with Crippen LogP contribution in [0.1, 0.15) is 23.6 Å². The summed E-state index contributed by atoms with van der Waals surface area (Å²) in [4.78, 5) is 12.2. The molecular weight excluding hydrogens is 368 g/mol. The Kier molecular flexibility index (Phi) is 5.86. The van der Waals surface area contributed by atoms with Crippen LogP contribution in [-0.4, -0.2) is 31.4 Å². The van der Waals surface area contributed by atoms with Gasteiger partial charge in [-0.25, -0.2) is 5.43 Å². The summed E-state index contributed by atoms with van der Waals surface area (Å²) < 4.78 is 16.7. The lowest BCUT2D eigenvalue weighted by Gasteiger charge is -2.19. The molecule has 1 aliphatic rings. The van der Waals surface area contributed by atoms with E-state index in [1.165, 1.54) is 6.21 Å². The zero-order valence-corrected chi connectivity index (χ0v) is 16.2. The highest BCUT2D eigenvalue weighted by molar-refractivity contribution is 6.32. The highest BCUT2D eigenvalue weighted by Crippen LogP contribution is 2.37. The minimum absolute atomic E-state index is 0.351. The Morgan fingerprint density at radius 2 is 2.07 bits per heavy atom. The minimum atomic E-state index is -0.688. The molecule has 0 aromatic heterocycles. The van der Waals surface area contributed by atoms with Crippen molar-refractivity contribution in [1.29, 1.82) is 0 Å². The van der Waals surface area contributed by atoms with Gasteiger partial charge in [0.25, 0.3) is 5.91 Å². The van der Waals surface area contributed by atoms with Crippen LogP contribution >= 0.6 is 11.6 Å². The number of fused-ring (bicyclic) bond motifs is 1. The molecule has 2 aromatic rings. The number of hydrogen-bond donors (Lipinski definition) is 1. The van der Waals surface area contributed by atoms with E-state index in [0.717, 1.165) is 11.1 Å². The number of carbonyl (C=O) groups is 1. The number of amides is 1. The van der Waals surface area contributed by atoms with Crippen LogP contribution < -0.4 is 19.6 Å². The quantitative estimate of drug-likeness (QED) is 0.627. The Hall–Kier alpha value is -2.73. The molecule has 0 saturated heterocycles. The Balaban J connectivity index is 1.61. The van der Waals surface area contributed by atoms with Crippen molar-refractivity contribution in [2.75, 3.05) is 13.2 Å². The molecule has 3 rings (SSSR count). The molecule has 0 bridgehead atoms. The summed E-state index contributed by atoms with van der Waals surface area (Å²) in [6, 6.07) is 9.18. The number of carbonyl (C=O) groups excluding carboxylic acids is 1. The van der Waals surface area contributed by atoms with Crippen molar-refractivity contribution in [3.05, 3.63) is 52.0 Å². The first kappa shape index (κ1) is 19.0. The van der Waals surface area contributed by atoms with Crippen LogP contribution in [0.4, 0.5) is 0 Å². The topological polar surface area (TPSA) is 69.2 Å². The fraction of sp³-hybridized carbons (Fsp3) is 0.300. The van der Waals surface area contributed by atoms with Gasteiger partial charge in [0.15, 0.2) is 17.6 Å². The van der Waals surface area contributed by atoms with E-state index < -0.39 is 6.10 Å². The number of hydrogen-bond acceptors (Lipinski definition) is 5. The maximum atomic E-state index is 12.2. The van der Waals surface area contributed by atoms with Crippen molar-refractivity contribution in [3.8, 4) is 17.2 Å². The van der Waals surface area contributed by atoms with E-state index in [2.05, 4.69) is 10.5 Å². The molecule has 142 valence electrons. The van der Waals surface area contributed by atoms with Gasteiger partial charge < -0.3 is 14.2 Å². The number of benzene rings is 2. The number of nitrogens with one attached hydrogen (secondary N) is 1. The van der Waals surface area contributed by atoms with Gasteiger partial charge in [0.2, 0.25) is 0 Å². The molecular formula is C20H21ClN2O4. The molecule has 2 aromatic carbocycles. The normalized spacial score (nSPS) is 14.1. The predicted octanol–water partition coefficient (Wildman–Crippen LogP) is 3.65. The van der Waals surface area contributed by atoms with Gasteiger partial charge in [-0.15, -0.1) is 0 Å². The molecule has 1 atom stereocenters. The zero-order valence-electron chi connectivity index (χ0n) is 15.4. The molecule has 0 unspecified atom stereocenters. The molecule has 0 aliphatic carbocycles. The van der Waals surface area contributed by atoms with Gasteiger partial charge in [-0.2, -0.15) is 5.10 Å². The fourth-order valence-corrected chi connectivity index (χ4v) is 2.84. The number of aryl methyl sites for hydroxylation is 1. The van der Waals surface area contributed by atoms with Crippen LogP contribution in [0.25, 0.3) is 0 Å². The molecule has 1 N–H and O–H groups in total. The lowest BCUT2D eigenvalue weighted by Crippen LogP contribution is -2.33. The van der Waals surface area contributed by atoms with Crippen molar-refractivity contribution in [3.63, 3.8) is 0 Å². The molecule has 1 amide bonds. The smallest absolute Gasteiger partial charge is 0.280 e. The van der Waals surface area contributed by atoms with Crippen LogP contribution in [0.5, 0.6) is 17.2 Å². The second-order valence-electron chi connectivity index (χ2n) is 6.22. The number of rotatable bonds is 5. The third kappa shape index (κ3) is 4.52. The second kappa shape index (κ2) is 8.31. The molecule has 27 heavy (non-hydrogen) atoms. The highest BCUT2D eigenvalue weighted by Gasteiger charge is 2.17. The maximum Gasteiger partial charge on any atom is 0.280 e. The Morgan fingerprint density at radius 3 is 2.89 bits per heavy atom. The minimum Gasteiger partial charge on any atom is -0.486 e. The second-order valence-corrected chi connectivity index (χ2v) is 6.63. The van der Waals surface area contributed by atoms with E-state index >= 15 is 0 Å². The molecule has 1 heterocycles. The first-order valence-electron chi connectivity index (χ1n) is 8.60. The standard InChI is InChI=1S/C20H21ClN2O4/c1-12-5-4-6-17(13(12)2)27-14(3)20(24)23-22-11-15-9-16(21)19-18(10-15)25-7-8-26-19/h4-6,9-11,14H,7-8H2,1-3H3,(H,23,24)/b22-11-/t14-/m1/s1. The lowest BCUT2D eigenvalue weighted by molar-refractivity contribution is -0.127. The third-order valence-electron chi connectivity index (χ3n) is 4.24. The van der Waals surface area contributed by atoms with Gasteiger partial charge in [0.05, 0.1) is 11.2 Å². The third-order valence-corrected chi connectivity index (χ3v) is 4.52. The van der Waals surface area contributed by atoms with Crippen LogP contribution in [0.15, 0.2) is 35.4 Å². The summed E-state index contributed by atoms with van der Waals surface area (Å²) in [5.74, 6) is 1.42. The van der Waals surface area contributed by atoms with E-state index in [0.29, 0.717) is 41.0 Å². The van der Waals surface area contributed by atoms with Crippen molar-refractivity contribution < 1.29 is 19.0 Å². The monoisotopic (exact) mass is 388 g/mol. The number of ether oxygens (including phenoxy) is 3. The van der Waals surface area contributed by atoms with Crippen molar-refractivity contribution >= 4 is 23.7 Å². The lowest BCUT2D eigenvalue weighted by atomic mass is 10.1. The van der Waals surface area contributed by atoms with E-state index in [1.54, 1.807) is 19.1 Å². The van der Waals surface area contributed by atoms with Crippen molar-refractivity contribution in [2.45, 2.75) is 26.9 Å². The zero-order chi connectivity index (χ0) is 19.4. The molecule has 1 aliphatic heterocycles. The SMILES string of the molecule is Cc1cccc(O[C@H](C)C(=O)N/N=C\c2cc(Cl)c3c(c2)OCCO3)c1C. The largest absolute Gasteiger partial charge is 0.486 e. The van der Waals surface area contributed by atoms with Gasteiger partial charge in [-0.05, 0) is 55.7 Å². The number of nitrogens with zero attached hydrogens (tertiary/aromatic N) is 1. The number of halogens is 1. The Morgan fingerprint density at radius 1 is 1.30 bits per heavy atom. The summed E-state index contributed by atoms with van der Waals surface area (Å²) in [6.07, 6.45) is 0.804. The van der Waals surface area contributed by atoms with Crippen LogP contribution in [0.2, 0.25) is 5.02 Å². The first-order valence-corrected chi connectivity index (χ1v) is 8.98. The molecule has 7 heteroatoms. The summed E-state index contributed by atoms with van der Waals surface area (Å²) in [5.41, 5.74) is 5.27. The molecule has 0 spiro atoms. The summed E-state index contributed by atoms with van der Waals surface area (Å²) in [6.45, 7) is 6.56. The van der Waals surface area contributed by atoms with Gasteiger partial charge in [0, 0.05) is 0 Å². The average molecular weight is 389 g/mol. The Labute approximate surface area is 163 Å². The van der Waals surface area contributed by atoms with E-state index in [4.69, 9.17) is 25.8 Å². The van der Waals surface area contributed by atoms with E-state index in [-0.39, 0.29) is 5.91 Å². The van der Waals surface area contributed by atoms with Crippen molar-refractivity contribution in [2.24, 2.45) is 5.10 Å².